The van der Waals surface area contributed by atoms with Crippen LogP contribution in [-0.4, -0.2) is 32.1 Å². The van der Waals surface area contributed by atoms with E-state index in [9.17, 15) is 13.2 Å². The van der Waals surface area contributed by atoms with Crippen LogP contribution in [0.5, 0.6) is 0 Å². The molecule has 0 fully saturated rings. The van der Waals surface area contributed by atoms with Crippen LogP contribution < -0.4 is 9.62 Å². The molecule has 1 aromatic heterocycles. The van der Waals surface area contributed by atoms with E-state index in [4.69, 9.17) is 11.6 Å². The van der Waals surface area contributed by atoms with Crippen molar-refractivity contribution >= 4 is 49.7 Å². The summed E-state index contributed by atoms with van der Waals surface area (Å²) in [7, 11) is -3.31. The normalized spacial score (nSPS) is 13.4. The number of sulfonamides is 1. The average molecular weight is 462 g/mol. The predicted molar refractivity (Wildman–Crippen MR) is 121 cm³/mol. The van der Waals surface area contributed by atoms with Crippen molar-refractivity contribution < 1.29 is 13.2 Å². The van der Waals surface area contributed by atoms with Gasteiger partial charge < -0.3 is 0 Å². The Kier molecular flexibility index (Phi) is 5.57. The number of carbonyl (C=O) groups excluding carboxylic acids is 1. The molecule has 6 nitrogen and oxygen atoms in total. The Morgan fingerprint density at radius 1 is 1.30 bits per heavy atom. The maximum Gasteiger partial charge on any atom is 0.257 e. The van der Waals surface area contributed by atoms with E-state index in [-0.39, 0.29) is 5.91 Å². The third-order valence-electron chi connectivity index (χ3n) is 5.01. The number of rotatable bonds is 5. The van der Waals surface area contributed by atoms with Crippen molar-refractivity contribution in [1.82, 2.24) is 4.98 Å². The highest BCUT2D eigenvalue weighted by atomic mass is 35.5. The van der Waals surface area contributed by atoms with Crippen molar-refractivity contribution in [2.45, 2.75) is 19.8 Å². The molecule has 1 aliphatic heterocycles. The molecule has 2 heterocycles. The number of hydrogen-bond donors (Lipinski definition) is 1. The second kappa shape index (κ2) is 8.02. The van der Waals surface area contributed by atoms with Crippen molar-refractivity contribution in [3.63, 3.8) is 0 Å². The number of carbonyl (C=O) groups is 1. The molecule has 0 bridgehead atoms. The number of fused-ring (bicyclic) bond motifs is 1. The standard InChI is InChI=1S/C21H20ClN3O3S2/c1-13-4-3-5-15(19(13)22)11-17-12-23-21(29-17)24-20(26)16-6-7-18-14(10-16)8-9-25(18)30(2,27)28/h3-7,10,12H,8-9,11H2,1-2H3,(H,23,24,26). The van der Waals surface area contributed by atoms with E-state index >= 15 is 0 Å². The van der Waals surface area contributed by atoms with E-state index in [1.54, 1.807) is 24.4 Å². The lowest BCUT2D eigenvalue weighted by molar-refractivity contribution is 0.102. The van der Waals surface area contributed by atoms with Gasteiger partial charge in [-0.1, -0.05) is 29.8 Å². The number of halogens is 1. The molecular weight excluding hydrogens is 442 g/mol. The molecule has 30 heavy (non-hydrogen) atoms. The Balaban J connectivity index is 1.47. The van der Waals surface area contributed by atoms with Crippen molar-refractivity contribution in [2.24, 2.45) is 0 Å². The summed E-state index contributed by atoms with van der Waals surface area (Å²) < 4.78 is 25.1. The van der Waals surface area contributed by atoms with E-state index in [2.05, 4.69) is 10.3 Å². The summed E-state index contributed by atoms with van der Waals surface area (Å²) >= 11 is 7.78. The Morgan fingerprint density at radius 2 is 2.10 bits per heavy atom. The summed E-state index contributed by atoms with van der Waals surface area (Å²) in [6.45, 7) is 2.37. The molecule has 9 heteroatoms. The molecule has 4 rings (SSSR count). The number of nitrogens with one attached hydrogen (secondary N) is 1. The van der Waals surface area contributed by atoms with Crippen LogP contribution in [-0.2, 0) is 22.9 Å². The maximum atomic E-state index is 12.7. The molecule has 3 aromatic rings. The summed E-state index contributed by atoms with van der Waals surface area (Å²) in [6.07, 6.45) is 4.16. The minimum Gasteiger partial charge on any atom is -0.298 e. The Hall–Kier alpha value is -2.42. The van der Waals surface area contributed by atoms with E-state index < -0.39 is 10.0 Å². The molecule has 156 valence electrons. The minimum atomic E-state index is -3.31. The molecule has 0 unspecified atom stereocenters. The molecule has 0 saturated carbocycles. The molecule has 1 aliphatic rings. The number of anilines is 2. The maximum absolute atomic E-state index is 12.7. The van der Waals surface area contributed by atoms with E-state index in [1.807, 2.05) is 25.1 Å². The zero-order chi connectivity index (χ0) is 21.5. The quantitative estimate of drug-likeness (QED) is 0.615. The van der Waals surface area contributed by atoms with Crippen LogP contribution in [0.25, 0.3) is 0 Å². The number of thiazole rings is 1. The van der Waals surface area contributed by atoms with Gasteiger partial charge in [0, 0.05) is 34.6 Å². The summed E-state index contributed by atoms with van der Waals surface area (Å²) in [4.78, 5) is 18.0. The first kappa shape index (κ1) is 20.8. The second-order valence-corrected chi connectivity index (χ2v) is 10.6. The van der Waals surface area contributed by atoms with Gasteiger partial charge in [0.25, 0.3) is 5.91 Å². The first-order valence-corrected chi connectivity index (χ1v) is 12.4. The Bertz CT molecular complexity index is 1240. The van der Waals surface area contributed by atoms with Gasteiger partial charge in [0.1, 0.15) is 0 Å². The van der Waals surface area contributed by atoms with Crippen molar-refractivity contribution in [2.75, 3.05) is 22.4 Å². The van der Waals surface area contributed by atoms with Gasteiger partial charge >= 0.3 is 0 Å². The lowest BCUT2D eigenvalue weighted by Gasteiger charge is -2.16. The largest absolute Gasteiger partial charge is 0.298 e. The summed E-state index contributed by atoms with van der Waals surface area (Å²) in [5, 5.41) is 4.09. The van der Waals surface area contributed by atoms with Crippen LogP contribution in [0.4, 0.5) is 10.8 Å². The fourth-order valence-electron chi connectivity index (χ4n) is 3.51. The van der Waals surface area contributed by atoms with Gasteiger partial charge in [-0.2, -0.15) is 0 Å². The topological polar surface area (TPSA) is 79.4 Å². The van der Waals surface area contributed by atoms with Gasteiger partial charge in [-0.05, 0) is 48.2 Å². The highest BCUT2D eigenvalue weighted by Gasteiger charge is 2.26. The van der Waals surface area contributed by atoms with Crippen LogP contribution in [0.1, 0.15) is 31.9 Å². The van der Waals surface area contributed by atoms with Gasteiger partial charge in [0.2, 0.25) is 10.0 Å². The second-order valence-electron chi connectivity index (χ2n) is 7.24. The summed E-state index contributed by atoms with van der Waals surface area (Å²) in [5.74, 6) is -0.273. The van der Waals surface area contributed by atoms with Gasteiger partial charge in [0.15, 0.2) is 5.13 Å². The van der Waals surface area contributed by atoms with Crippen LogP contribution in [0.2, 0.25) is 5.02 Å². The number of amides is 1. The minimum absolute atomic E-state index is 0.273. The van der Waals surface area contributed by atoms with E-state index in [0.717, 1.165) is 26.6 Å². The smallest absolute Gasteiger partial charge is 0.257 e. The number of benzene rings is 2. The SMILES string of the molecule is Cc1cccc(Cc2cnc(NC(=O)c3ccc4c(c3)CCN4S(C)(=O)=O)s2)c1Cl. The lowest BCUT2D eigenvalue weighted by Crippen LogP contribution is -2.27. The fraction of sp³-hybridized carbons (Fsp3) is 0.238. The first-order valence-electron chi connectivity index (χ1n) is 9.33. The number of hydrogen-bond acceptors (Lipinski definition) is 5. The van der Waals surface area contributed by atoms with Crippen molar-refractivity contribution in [3.8, 4) is 0 Å². The van der Waals surface area contributed by atoms with Crippen LogP contribution >= 0.6 is 22.9 Å². The first-order chi connectivity index (χ1) is 14.2. The molecule has 0 spiro atoms. The summed E-state index contributed by atoms with van der Waals surface area (Å²) in [5.41, 5.74) is 4.01. The highest BCUT2D eigenvalue weighted by Crippen LogP contribution is 2.31. The van der Waals surface area contributed by atoms with Gasteiger partial charge in [-0.15, -0.1) is 11.3 Å². The Morgan fingerprint density at radius 3 is 2.87 bits per heavy atom. The average Bonchev–Trinajstić information content (AvgIpc) is 3.31. The number of aryl methyl sites for hydroxylation is 1. The lowest BCUT2D eigenvalue weighted by atomic mass is 10.1. The molecule has 0 aliphatic carbocycles. The zero-order valence-corrected chi connectivity index (χ0v) is 18.9. The van der Waals surface area contributed by atoms with Gasteiger partial charge in [-0.3, -0.25) is 14.4 Å². The predicted octanol–water partition coefficient (Wildman–Crippen LogP) is 4.27. The molecule has 0 saturated heterocycles. The zero-order valence-electron chi connectivity index (χ0n) is 16.5. The van der Waals surface area contributed by atoms with Crippen molar-refractivity contribution in [3.05, 3.63) is 74.7 Å². The monoisotopic (exact) mass is 461 g/mol. The third-order valence-corrected chi connectivity index (χ3v) is 7.64. The third kappa shape index (κ3) is 4.21. The Labute approximate surface area is 184 Å². The van der Waals surface area contributed by atoms with E-state index in [0.29, 0.717) is 35.8 Å². The number of nitrogens with zero attached hydrogens (tertiary/aromatic N) is 2. The molecule has 1 N–H and O–H groups in total. The van der Waals surface area contributed by atoms with Gasteiger partial charge in [0.05, 0.1) is 11.9 Å². The number of aromatic nitrogens is 1. The van der Waals surface area contributed by atoms with Crippen LogP contribution in [0, 0.1) is 6.92 Å². The molecule has 0 radical (unpaired) electrons. The van der Waals surface area contributed by atoms with Crippen LogP contribution in [0.3, 0.4) is 0 Å². The summed E-state index contributed by atoms with van der Waals surface area (Å²) in [6, 6.07) is 11.0. The molecule has 2 aromatic carbocycles. The van der Waals surface area contributed by atoms with Crippen molar-refractivity contribution in [1.29, 1.82) is 0 Å². The molecule has 1 amide bonds. The molecular formula is C21H20ClN3O3S2. The van der Waals surface area contributed by atoms with E-state index in [1.165, 1.54) is 21.9 Å². The van der Waals surface area contributed by atoms with Gasteiger partial charge in [-0.25, -0.2) is 13.4 Å². The molecule has 0 atom stereocenters. The van der Waals surface area contributed by atoms with Crippen LogP contribution in [0.15, 0.2) is 42.6 Å². The highest BCUT2D eigenvalue weighted by molar-refractivity contribution is 7.92. The fourth-order valence-corrected chi connectivity index (χ4v) is 5.49.